The van der Waals surface area contributed by atoms with Gasteiger partial charge < -0.3 is 14.7 Å². The lowest BCUT2D eigenvalue weighted by Gasteiger charge is -2.45. The molecule has 0 radical (unpaired) electrons. The summed E-state index contributed by atoms with van der Waals surface area (Å²) in [4.78, 5) is 15.1. The maximum atomic E-state index is 13.3. The summed E-state index contributed by atoms with van der Waals surface area (Å²) in [7, 11) is -0.893. The molecule has 7 heteroatoms. The second-order valence-electron chi connectivity index (χ2n) is 10.6. The van der Waals surface area contributed by atoms with Crippen molar-refractivity contribution in [3.05, 3.63) is 71.3 Å². The van der Waals surface area contributed by atoms with Gasteiger partial charge in [-0.2, -0.15) is 0 Å². The molecule has 0 bridgehead atoms. The van der Waals surface area contributed by atoms with E-state index >= 15 is 0 Å². The molecule has 1 N–H and O–H groups in total. The molecular formula is C28H38N2O4S. The number of nitrogens with zero attached hydrogens (tertiary/aromatic N) is 2. The number of carbonyl (C=O) groups excluding carboxylic acids is 1. The predicted molar refractivity (Wildman–Crippen MR) is 139 cm³/mol. The lowest BCUT2D eigenvalue weighted by Crippen LogP contribution is -2.51. The van der Waals surface area contributed by atoms with Gasteiger partial charge >= 0.3 is 6.09 Å². The fourth-order valence-corrected chi connectivity index (χ4v) is 6.29. The Kier molecular flexibility index (Phi) is 7.69. The summed E-state index contributed by atoms with van der Waals surface area (Å²) in [6, 6.07) is 18.2. The van der Waals surface area contributed by atoms with Gasteiger partial charge in [-0.1, -0.05) is 54.6 Å². The van der Waals surface area contributed by atoms with Crippen molar-refractivity contribution in [1.29, 1.82) is 0 Å². The number of ether oxygens (including phenoxy) is 1. The van der Waals surface area contributed by atoms with Crippen LogP contribution in [0.5, 0.6) is 0 Å². The molecule has 35 heavy (non-hydrogen) atoms. The second kappa shape index (κ2) is 10.4. The molecule has 0 spiro atoms. The Morgan fingerprint density at radius 1 is 1.09 bits per heavy atom. The largest absolute Gasteiger partial charge is 0.438 e. The molecule has 190 valence electrons. The lowest BCUT2D eigenvalue weighted by atomic mass is 9.80. The van der Waals surface area contributed by atoms with Crippen molar-refractivity contribution in [3.8, 4) is 0 Å². The van der Waals surface area contributed by atoms with E-state index in [4.69, 9.17) is 4.74 Å². The number of amides is 1. The fourth-order valence-electron chi connectivity index (χ4n) is 5.56. The van der Waals surface area contributed by atoms with E-state index in [9.17, 15) is 14.1 Å². The van der Waals surface area contributed by atoms with Crippen LogP contribution < -0.4 is 0 Å². The number of hydrogen-bond donors (Lipinski definition) is 1. The zero-order chi connectivity index (χ0) is 25.2. The Balaban J connectivity index is 1.45. The van der Waals surface area contributed by atoms with Crippen molar-refractivity contribution in [3.63, 3.8) is 0 Å². The van der Waals surface area contributed by atoms with Gasteiger partial charge in [-0.05, 0) is 56.2 Å². The van der Waals surface area contributed by atoms with Gasteiger partial charge in [-0.15, -0.1) is 0 Å². The molecule has 0 aliphatic carbocycles. The molecule has 2 heterocycles. The number of cyclic esters (lactones) is 1. The van der Waals surface area contributed by atoms with Crippen LogP contribution in [0.25, 0.3) is 0 Å². The highest BCUT2D eigenvalue weighted by molar-refractivity contribution is 7.81. The third-order valence-electron chi connectivity index (χ3n) is 7.47. The first-order valence-corrected chi connectivity index (χ1v) is 14.1. The number of carbonyl (C=O) groups is 1. The normalized spacial score (nSPS) is 24.1. The third-order valence-corrected chi connectivity index (χ3v) is 8.56. The van der Waals surface area contributed by atoms with Crippen LogP contribution in [-0.2, 0) is 21.3 Å². The van der Waals surface area contributed by atoms with Crippen LogP contribution in [0.4, 0.5) is 4.79 Å². The molecular weight excluding hydrogens is 460 g/mol. The van der Waals surface area contributed by atoms with Gasteiger partial charge in [0.15, 0.2) is 0 Å². The zero-order valence-corrected chi connectivity index (χ0v) is 22.1. The maximum Gasteiger partial charge on any atom is 0.411 e. The number of hydrogen-bond acceptors (Lipinski definition) is 4. The Labute approximate surface area is 211 Å². The molecule has 2 aromatic rings. The van der Waals surface area contributed by atoms with Crippen molar-refractivity contribution in [2.24, 2.45) is 0 Å². The molecule has 2 saturated heterocycles. The van der Waals surface area contributed by atoms with Crippen LogP contribution in [0.3, 0.4) is 0 Å². The van der Waals surface area contributed by atoms with Gasteiger partial charge in [0.1, 0.15) is 5.60 Å². The molecule has 3 unspecified atom stereocenters. The van der Waals surface area contributed by atoms with Crippen LogP contribution in [0, 0.1) is 0 Å². The summed E-state index contributed by atoms with van der Waals surface area (Å²) in [5.74, 6) is 0.479. The van der Waals surface area contributed by atoms with Crippen LogP contribution in [0.2, 0.25) is 0 Å². The first-order valence-electron chi connectivity index (χ1n) is 12.5. The topological polar surface area (TPSA) is 70.1 Å². The highest BCUT2D eigenvalue weighted by Crippen LogP contribution is 2.42. The molecule has 6 nitrogen and oxygen atoms in total. The third kappa shape index (κ3) is 5.96. The monoisotopic (exact) mass is 498 g/mol. The van der Waals surface area contributed by atoms with Crippen molar-refractivity contribution in [2.75, 3.05) is 25.9 Å². The lowest BCUT2D eigenvalue weighted by molar-refractivity contribution is -0.101. The first kappa shape index (κ1) is 25.9. The number of benzene rings is 2. The minimum atomic E-state index is -0.970. The van der Waals surface area contributed by atoms with Crippen LogP contribution in [0.15, 0.2) is 54.6 Å². The van der Waals surface area contributed by atoms with Gasteiger partial charge in [0.25, 0.3) is 0 Å². The summed E-state index contributed by atoms with van der Waals surface area (Å²) >= 11 is 0. The maximum absolute atomic E-state index is 13.3. The van der Waals surface area contributed by atoms with E-state index in [1.165, 1.54) is 5.56 Å². The summed E-state index contributed by atoms with van der Waals surface area (Å²) in [6.45, 7) is 7.83. The van der Waals surface area contributed by atoms with Gasteiger partial charge in [-0.25, -0.2) is 13.3 Å². The van der Waals surface area contributed by atoms with Crippen LogP contribution in [-0.4, -0.2) is 56.1 Å². The van der Waals surface area contributed by atoms with Crippen molar-refractivity contribution in [1.82, 2.24) is 9.21 Å². The van der Waals surface area contributed by atoms with E-state index in [1.54, 1.807) is 25.0 Å². The standard InChI is InChI=1S/C28H38N2O4S/c1-21(22-10-12-23(13-11-22)24-14-17-29(18-15-24)35(4)33)30-19-16-28(34-26(30)31,20-27(2,3)32)25-8-6-5-7-9-25/h5-13,21,24,32H,14-20H2,1-4H3. The molecule has 0 aromatic heterocycles. The number of piperidine rings is 1. The van der Waals surface area contributed by atoms with E-state index in [0.29, 0.717) is 25.3 Å². The molecule has 4 rings (SSSR count). The summed E-state index contributed by atoms with van der Waals surface area (Å²) < 4.78 is 19.9. The van der Waals surface area contributed by atoms with Gasteiger partial charge in [0.2, 0.25) is 0 Å². The van der Waals surface area contributed by atoms with Crippen molar-refractivity contribution in [2.45, 2.75) is 69.6 Å². The van der Waals surface area contributed by atoms with E-state index < -0.39 is 22.2 Å². The molecule has 0 saturated carbocycles. The minimum absolute atomic E-state index is 0.114. The van der Waals surface area contributed by atoms with E-state index in [0.717, 1.165) is 37.1 Å². The van der Waals surface area contributed by atoms with Gasteiger partial charge in [-0.3, -0.25) is 0 Å². The average Bonchev–Trinajstić information content (AvgIpc) is 2.83. The Hall–Kier alpha value is -2.22. The smallest absolute Gasteiger partial charge is 0.411 e. The highest BCUT2D eigenvalue weighted by atomic mass is 32.2. The highest BCUT2D eigenvalue weighted by Gasteiger charge is 2.46. The summed E-state index contributed by atoms with van der Waals surface area (Å²) in [5, 5.41) is 10.6. The zero-order valence-electron chi connectivity index (χ0n) is 21.3. The first-order chi connectivity index (χ1) is 16.6. The molecule has 2 fully saturated rings. The minimum Gasteiger partial charge on any atom is -0.438 e. The number of aliphatic hydroxyl groups is 1. The van der Waals surface area contributed by atoms with Crippen molar-refractivity contribution >= 4 is 17.1 Å². The summed E-state index contributed by atoms with van der Waals surface area (Å²) in [6.07, 6.45) is 4.38. The molecule has 3 atom stereocenters. The SMILES string of the molecule is CC(c1ccc(C2CCN(S(C)=O)CC2)cc1)N1CCC(CC(C)(C)O)(c2ccccc2)OC1=O. The van der Waals surface area contributed by atoms with E-state index in [-0.39, 0.29) is 12.1 Å². The molecule has 2 aliphatic rings. The fraction of sp³-hybridized carbons (Fsp3) is 0.536. The molecule has 1 amide bonds. The Morgan fingerprint density at radius 3 is 2.26 bits per heavy atom. The van der Waals surface area contributed by atoms with Gasteiger partial charge in [0.05, 0.1) is 22.6 Å². The van der Waals surface area contributed by atoms with Crippen LogP contribution in [0.1, 0.15) is 75.1 Å². The van der Waals surface area contributed by atoms with Gasteiger partial charge in [0, 0.05) is 38.7 Å². The predicted octanol–water partition coefficient (Wildman–Crippen LogP) is 5.12. The Bertz CT molecular complexity index is 1030. The second-order valence-corrected chi connectivity index (χ2v) is 12.0. The van der Waals surface area contributed by atoms with Crippen molar-refractivity contribution < 1.29 is 18.8 Å². The molecule has 2 aromatic carbocycles. The quantitative estimate of drug-likeness (QED) is 0.575. The van der Waals surface area contributed by atoms with E-state index in [1.807, 2.05) is 41.6 Å². The average molecular weight is 499 g/mol. The van der Waals surface area contributed by atoms with Crippen LogP contribution >= 0.6 is 0 Å². The number of rotatable bonds is 7. The molecule has 2 aliphatic heterocycles. The Morgan fingerprint density at radius 2 is 1.71 bits per heavy atom. The van der Waals surface area contributed by atoms with E-state index in [2.05, 4.69) is 24.3 Å². The summed E-state index contributed by atoms with van der Waals surface area (Å²) in [5.41, 5.74) is 1.49.